The Bertz CT molecular complexity index is 532. The van der Waals surface area contributed by atoms with E-state index >= 15 is 0 Å². The second-order valence-corrected chi connectivity index (χ2v) is 4.03. The lowest BCUT2D eigenvalue weighted by Crippen LogP contribution is -2.07. The quantitative estimate of drug-likeness (QED) is 0.500. The molecule has 0 unspecified atom stereocenters. The van der Waals surface area contributed by atoms with Crippen LogP contribution in [0.15, 0.2) is 30.4 Å². The highest BCUT2D eigenvalue weighted by molar-refractivity contribution is 5.97. The zero-order valence-electron chi connectivity index (χ0n) is 10.2. The molecule has 0 aliphatic heterocycles. The van der Waals surface area contributed by atoms with Crippen molar-refractivity contribution in [3.63, 3.8) is 0 Å². The van der Waals surface area contributed by atoms with Crippen LogP contribution in [0.3, 0.4) is 0 Å². The van der Waals surface area contributed by atoms with Crippen molar-refractivity contribution in [3.8, 4) is 5.75 Å². The highest BCUT2D eigenvalue weighted by Crippen LogP contribution is 2.33. The molecule has 0 bridgehead atoms. The number of carbonyl (C=O) groups is 1. The predicted octanol–water partition coefficient (Wildman–Crippen LogP) is 1.95. The number of ether oxygens (including phenoxy) is 2. The molecule has 0 heterocycles. The summed E-state index contributed by atoms with van der Waals surface area (Å²) in [4.78, 5) is 11.7. The summed E-state index contributed by atoms with van der Waals surface area (Å²) in [7, 11) is 1.57. The van der Waals surface area contributed by atoms with Crippen LogP contribution in [-0.2, 0) is 16.0 Å². The van der Waals surface area contributed by atoms with Crippen molar-refractivity contribution in [2.45, 2.75) is 6.42 Å². The molecular formula is C14H15NO3. The van der Waals surface area contributed by atoms with Crippen molar-refractivity contribution < 1.29 is 14.3 Å². The molecule has 0 saturated heterocycles. The molecule has 4 nitrogen and oxygen atoms in total. The first kappa shape index (κ1) is 12.2. The number of nitrogen functional groups attached to an aromatic ring is 1. The molecule has 2 rings (SSSR count). The zero-order chi connectivity index (χ0) is 13.1. The molecule has 4 heteroatoms. The van der Waals surface area contributed by atoms with E-state index in [0.29, 0.717) is 23.4 Å². The van der Waals surface area contributed by atoms with Gasteiger partial charge >= 0.3 is 5.97 Å². The number of methoxy groups -OCH3 is 1. The third kappa shape index (κ3) is 2.22. The molecule has 1 aliphatic carbocycles. The van der Waals surface area contributed by atoms with E-state index in [4.69, 9.17) is 15.2 Å². The van der Waals surface area contributed by atoms with Crippen LogP contribution < -0.4 is 10.5 Å². The minimum absolute atomic E-state index is 0.220. The Morgan fingerprint density at radius 3 is 3.00 bits per heavy atom. The summed E-state index contributed by atoms with van der Waals surface area (Å²) in [6, 6.07) is 3.66. The van der Waals surface area contributed by atoms with E-state index in [1.165, 1.54) is 0 Å². The van der Waals surface area contributed by atoms with Gasteiger partial charge in [0.2, 0.25) is 0 Å². The van der Waals surface area contributed by atoms with Gasteiger partial charge in [-0.1, -0.05) is 12.7 Å². The first-order valence-corrected chi connectivity index (χ1v) is 5.60. The molecule has 1 aliphatic rings. The number of benzene rings is 1. The lowest BCUT2D eigenvalue weighted by Gasteiger charge is -2.07. The second kappa shape index (κ2) is 4.96. The Morgan fingerprint density at radius 2 is 2.33 bits per heavy atom. The maximum Gasteiger partial charge on any atom is 0.334 e. The van der Waals surface area contributed by atoms with E-state index in [1.807, 2.05) is 18.2 Å². The second-order valence-electron chi connectivity index (χ2n) is 4.03. The number of carbonyl (C=O) groups excluding carboxylic acids is 1. The SMILES string of the molecule is C=CCOC(=O)C1=Cc2cc(OC)c(N)cc2C1. The van der Waals surface area contributed by atoms with Gasteiger partial charge in [0.25, 0.3) is 0 Å². The largest absolute Gasteiger partial charge is 0.495 e. The molecule has 0 saturated carbocycles. The van der Waals surface area contributed by atoms with Crippen LogP contribution in [0.2, 0.25) is 0 Å². The lowest BCUT2D eigenvalue weighted by atomic mass is 10.1. The highest BCUT2D eigenvalue weighted by atomic mass is 16.5. The van der Waals surface area contributed by atoms with Crippen molar-refractivity contribution >= 4 is 17.7 Å². The summed E-state index contributed by atoms with van der Waals surface area (Å²) in [5, 5.41) is 0. The van der Waals surface area contributed by atoms with Gasteiger partial charge in [-0.15, -0.1) is 0 Å². The molecule has 18 heavy (non-hydrogen) atoms. The normalized spacial score (nSPS) is 12.6. The minimum atomic E-state index is -0.316. The lowest BCUT2D eigenvalue weighted by molar-refractivity contribution is -0.137. The van der Waals surface area contributed by atoms with Gasteiger partial charge in [0, 0.05) is 12.0 Å². The van der Waals surface area contributed by atoms with Crippen LogP contribution in [0.4, 0.5) is 5.69 Å². The molecule has 0 spiro atoms. The summed E-state index contributed by atoms with van der Waals surface area (Å²) in [6.45, 7) is 3.72. The first-order chi connectivity index (χ1) is 8.65. The number of esters is 1. The van der Waals surface area contributed by atoms with Crippen molar-refractivity contribution in [1.82, 2.24) is 0 Å². The molecule has 0 radical (unpaired) electrons. The van der Waals surface area contributed by atoms with Gasteiger partial charge in [-0.3, -0.25) is 0 Å². The van der Waals surface area contributed by atoms with Crippen LogP contribution in [0.5, 0.6) is 5.75 Å². The molecule has 0 aromatic heterocycles. The molecule has 0 fully saturated rings. The minimum Gasteiger partial charge on any atom is -0.495 e. The third-order valence-electron chi connectivity index (χ3n) is 2.80. The summed E-state index contributed by atoms with van der Waals surface area (Å²) in [5.74, 6) is 0.300. The van der Waals surface area contributed by atoms with Crippen molar-refractivity contribution in [2.24, 2.45) is 0 Å². The van der Waals surface area contributed by atoms with Gasteiger partial charge < -0.3 is 15.2 Å². The molecule has 2 N–H and O–H groups in total. The Kier molecular flexibility index (Phi) is 3.37. The number of nitrogens with two attached hydrogens (primary N) is 1. The summed E-state index contributed by atoms with van der Waals surface area (Å²) < 4.78 is 10.2. The molecule has 1 aromatic rings. The van der Waals surface area contributed by atoms with Crippen molar-refractivity contribution in [2.75, 3.05) is 19.5 Å². The maximum absolute atomic E-state index is 11.7. The Hall–Kier alpha value is -2.23. The summed E-state index contributed by atoms with van der Waals surface area (Å²) in [5.41, 5.74) is 8.99. The number of hydrogen-bond donors (Lipinski definition) is 1. The standard InChI is InChI=1S/C14H15NO3/c1-3-4-18-14(16)11-5-9-7-12(15)13(17-2)8-10(9)6-11/h3,6-8H,1,4-5,15H2,2H3. The predicted molar refractivity (Wildman–Crippen MR) is 70.2 cm³/mol. The van der Waals surface area contributed by atoms with E-state index in [1.54, 1.807) is 13.2 Å². The molecule has 0 atom stereocenters. The van der Waals surface area contributed by atoms with Crippen LogP contribution in [0.25, 0.3) is 6.08 Å². The summed E-state index contributed by atoms with van der Waals surface area (Å²) in [6.07, 6.45) is 3.89. The van der Waals surface area contributed by atoms with E-state index in [0.717, 1.165) is 11.1 Å². The highest BCUT2D eigenvalue weighted by Gasteiger charge is 2.21. The number of fused-ring (bicyclic) bond motifs is 1. The Balaban J connectivity index is 2.22. The number of hydrogen-bond acceptors (Lipinski definition) is 4. The molecule has 94 valence electrons. The van der Waals surface area contributed by atoms with Crippen LogP contribution in [-0.4, -0.2) is 19.7 Å². The van der Waals surface area contributed by atoms with Gasteiger partial charge in [0.15, 0.2) is 0 Å². The molecular weight excluding hydrogens is 230 g/mol. The Labute approximate surface area is 106 Å². The monoisotopic (exact) mass is 245 g/mol. The van der Waals surface area contributed by atoms with Crippen molar-refractivity contribution in [3.05, 3.63) is 41.5 Å². The third-order valence-corrected chi connectivity index (χ3v) is 2.80. The summed E-state index contributed by atoms with van der Waals surface area (Å²) >= 11 is 0. The Morgan fingerprint density at radius 1 is 1.56 bits per heavy atom. The van der Waals surface area contributed by atoms with E-state index in [2.05, 4.69) is 6.58 Å². The van der Waals surface area contributed by atoms with E-state index in [9.17, 15) is 4.79 Å². The topological polar surface area (TPSA) is 61.5 Å². The number of anilines is 1. The van der Waals surface area contributed by atoms with Gasteiger partial charge in [0.1, 0.15) is 12.4 Å². The fourth-order valence-electron chi connectivity index (χ4n) is 1.93. The fraction of sp³-hybridized carbons (Fsp3) is 0.214. The average molecular weight is 245 g/mol. The first-order valence-electron chi connectivity index (χ1n) is 5.60. The molecule has 0 amide bonds. The van der Waals surface area contributed by atoms with E-state index in [-0.39, 0.29) is 12.6 Å². The van der Waals surface area contributed by atoms with Gasteiger partial charge in [-0.2, -0.15) is 0 Å². The van der Waals surface area contributed by atoms with Gasteiger partial charge in [-0.05, 0) is 29.3 Å². The zero-order valence-corrected chi connectivity index (χ0v) is 10.2. The van der Waals surface area contributed by atoms with Crippen LogP contribution >= 0.6 is 0 Å². The fourth-order valence-corrected chi connectivity index (χ4v) is 1.93. The van der Waals surface area contributed by atoms with Gasteiger partial charge in [-0.25, -0.2) is 4.79 Å². The van der Waals surface area contributed by atoms with Gasteiger partial charge in [0.05, 0.1) is 12.8 Å². The smallest absolute Gasteiger partial charge is 0.334 e. The van der Waals surface area contributed by atoms with E-state index < -0.39 is 0 Å². The van der Waals surface area contributed by atoms with Crippen LogP contribution in [0.1, 0.15) is 11.1 Å². The van der Waals surface area contributed by atoms with Crippen molar-refractivity contribution in [1.29, 1.82) is 0 Å². The average Bonchev–Trinajstić information content (AvgIpc) is 2.77. The number of rotatable bonds is 4. The van der Waals surface area contributed by atoms with Crippen LogP contribution in [0, 0.1) is 0 Å². The maximum atomic E-state index is 11.7. The molecule has 1 aromatic carbocycles.